The summed E-state index contributed by atoms with van der Waals surface area (Å²) >= 11 is 0. The van der Waals surface area contributed by atoms with Crippen LogP contribution in [0.3, 0.4) is 0 Å². The van der Waals surface area contributed by atoms with Crippen LogP contribution in [0.2, 0.25) is 0 Å². The third-order valence-electron chi connectivity index (χ3n) is 7.52. The Morgan fingerprint density at radius 3 is 2.60 bits per heavy atom. The molecule has 1 aromatic carbocycles. The molecule has 0 amide bonds. The molecule has 0 radical (unpaired) electrons. The topological polar surface area (TPSA) is 59.4 Å². The minimum atomic E-state index is -0.336. The van der Waals surface area contributed by atoms with Crippen LogP contribution in [-0.2, 0) is 0 Å². The van der Waals surface area contributed by atoms with E-state index in [0.29, 0.717) is 23.1 Å². The van der Waals surface area contributed by atoms with Gasteiger partial charge in [0.15, 0.2) is 0 Å². The Morgan fingerprint density at radius 1 is 1.27 bits per heavy atom. The van der Waals surface area contributed by atoms with Gasteiger partial charge in [0.1, 0.15) is 23.7 Å². The Kier molecular flexibility index (Phi) is 12.7. The molecular weight excluding hydrogens is 499 g/mol. The zero-order valence-electron chi connectivity index (χ0n) is 26.3. The van der Waals surface area contributed by atoms with Gasteiger partial charge in [0.2, 0.25) is 0 Å². The summed E-state index contributed by atoms with van der Waals surface area (Å²) < 4.78 is 20.9. The summed E-state index contributed by atoms with van der Waals surface area (Å²) in [4.78, 5) is 13.3. The Hall–Kier alpha value is -2.86. The SMILES string of the molecule is C=CN=C(CCC1(CC)CCC(NC(C)(C)C)C1)/C(=C\C)Oc1ccc(F)cc1-c1cncnc1C(C)C.CC. The smallest absolute Gasteiger partial charge is 0.144 e. The molecule has 3 rings (SSSR count). The van der Waals surface area contributed by atoms with Crippen molar-refractivity contribution >= 4 is 5.71 Å². The highest BCUT2D eigenvalue weighted by Gasteiger charge is 2.38. The Morgan fingerprint density at radius 2 is 2.00 bits per heavy atom. The van der Waals surface area contributed by atoms with Crippen molar-refractivity contribution in [3.05, 3.63) is 66.8 Å². The maximum atomic E-state index is 14.4. The number of allylic oxidation sites excluding steroid dienone is 2. The second-order valence-corrected chi connectivity index (χ2v) is 11.8. The van der Waals surface area contributed by atoms with E-state index in [1.807, 2.05) is 26.8 Å². The second-order valence-electron chi connectivity index (χ2n) is 11.8. The van der Waals surface area contributed by atoms with Crippen LogP contribution in [0.1, 0.15) is 112 Å². The van der Waals surface area contributed by atoms with Gasteiger partial charge < -0.3 is 10.1 Å². The van der Waals surface area contributed by atoms with Gasteiger partial charge in [0, 0.05) is 35.1 Å². The summed E-state index contributed by atoms with van der Waals surface area (Å²) in [5.74, 6) is 1.02. The monoisotopic (exact) mass is 550 g/mol. The molecule has 1 saturated carbocycles. The highest BCUT2D eigenvalue weighted by molar-refractivity contribution is 5.99. The lowest BCUT2D eigenvalue weighted by molar-refractivity contribution is 0.247. The van der Waals surface area contributed by atoms with Gasteiger partial charge in [0.05, 0.1) is 11.4 Å². The van der Waals surface area contributed by atoms with E-state index in [-0.39, 0.29) is 22.7 Å². The highest BCUT2D eigenvalue weighted by atomic mass is 19.1. The number of nitrogens with one attached hydrogen (secondary N) is 1. The summed E-state index contributed by atoms with van der Waals surface area (Å²) in [7, 11) is 0. The van der Waals surface area contributed by atoms with Crippen molar-refractivity contribution in [1.82, 2.24) is 15.3 Å². The highest BCUT2D eigenvalue weighted by Crippen LogP contribution is 2.45. The maximum absolute atomic E-state index is 14.4. The van der Waals surface area contributed by atoms with Gasteiger partial charge in [-0.25, -0.2) is 14.4 Å². The molecule has 0 bridgehead atoms. The van der Waals surface area contributed by atoms with Gasteiger partial charge in [-0.1, -0.05) is 47.6 Å². The van der Waals surface area contributed by atoms with Gasteiger partial charge in [-0.3, -0.25) is 4.99 Å². The van der Waals surface area contributed by atoms with Crippen molar-refractivity contribution in [2.24, 2.45) is 10.4 Å². The molecule has 1 aliphatic carbocycles. The van der Waals surface area contributed by atoms with Crippen molar-refractivity contribution in [2.45, 2.75) is 118 Å². The van der Waals surface area contributed by atoms with Gasteiger partial charge in [-0.2, -0.15) is 0 Å². The molecule has 1 aliphatic rings. The molecule has 0 aliphatic heterocycles. The molecular formula is C34H51FN4O. The van der Waals surface area contributed by atoms with Crippen LogP contribution >= 0.6 is 0 Å². The van der Waals surface area contributed by atoms with Crippen LogP contribution in [0.5, 0.6) is 5.75 Å². The zero-order chi connectivity index (χ0) is 29.9. The summed E-state index contributed by atoms with van der Waals surface area (Å²) in [5, 5.41) is 3.80. The third kappa shape index (κ3) is 9.09. The van der Waals surface area contributed by atoms with Crippen LogP contribution in [0.15, 0.2) is 60.3 Å². The van der Waals surface area contributed by atoms with E-state index in [2.05, 4.69) is 68.4 Å². The summed E-state index contributed by atoms with van der Waals surface area (Å²) in [6, 6.07) is 5.12. The van der Waals surface area contributed by atoms with Crippen LogP contribution in [-0.4, -0.2) is 27.3 Å². The number of halogens is 1. The van der Waals surface area contributed by atoms with E-state index < -0.39 is 0 Å². The van der Waals surface area contributed by atoms with Crippen LogP contribution in [0, 0.1) is 11.2 Å². The van der Waals surface area contributed by atoms with E-state index in [4.69, 9.17) is 4.74 Å². The predicted octanol–water partition coefficient (Wildman–Crippen LogP) is 9.42. The number of aromatic nitrogens is 2. The van der Waals surface area contributed by atoms with E-state index >= 15 is 0 Å². The first-order valence-corrected chi connectivity index (χ1v) is 14.9. The third-order valence-corrected chi connectivity index (χ3v) is 7.52. The lowest BCUT2D eigenvalue weighted by Gasteiger charge is -2.31. The number of nitrogens with zero attached hydrogens (tertiary/aromatic N) is 3. The van der Waals surface area contributed by atoms with Gasteiger partial charge in [-0.15, -0.1) is 0 Å². The summed E-state index contributed by atoms with van der Waals surface area (Å²) in [6.07, 6.45) is 13.3. The average molecular weight is 551 g/mol. The van der Waals surface area contributed by atoms with E-state index in [9.17, 15) is 4.39 Å². The number of benzene rings is 1. The molecule has 0 saturated heterocycles. The molecule has 6 heteroatoms. The molecule has 0 spiro atoms. The van der Waals surface area contributed by atoms with Crippen LogP contribution in [0.25, 0.3) is 11.1 Å². The number of ether oxygens (including phenoxy) is 1. The molecule has 1 heterocycles. The second kappa shape index (κ2) is 15.2. The van der Waals surface area contributed by atoms with Gasteiger partial charge >= 0.3 is 0 Å². The zero-order valence-corrected chi connectivity index (χ0v) is 26.3. The van der Waals surface area contributed by atoms with E-state index in [1.54, 1.807) is 18.5 Å². The van der Waals surface area contributed by atoms with Crippen molar-refractivity contribution in [1.29, 1.82) is 0 Å². The molecule has 5 nitrogen and oxygen atoms in total. The quantitative estimate of drug-likeness (QED) is 0.224. The molecule has 2 unspecified atom stereocenters. The molecule has 1 N–H and O–H groups in total. The van der Waals surface area contributed by atoms with Crippen molar-refractivity contribution in [3.8, 4) is 16.9 Å². The van der Waals surface area contributed by atoms with Crippen molar-refractivity contribution in [3.63, 3.8) is 0 Å². The maximum Gasteiger partial charge on any atom is 0.144 e. The number of hydrogen-bond acceptors (Lipinski definition) is 5. The predicted molar refractivity (Wildman–Crippen MR) is 167 cm³/mol. The van der Waals surface area contributed by atoms with E-state index in [1.165, 1.54) is 37.7 Å². The fourth-order valence-corrected chi connectivity index (χ4v) is 5.62. The Balaban J connectivity index is 0.00000274. The number of rotatable bonds is 11. The molecule has 40 heavy (non-hydrogen) atoms. The standard InChI is InChI=1S/C32H45FN4O.C2H6/c1-9-28(27(35-11-3)15-17-32(10-2)16-14-24(19-32)37-31(6,7)8)38-29-13-12-23(33)18-25(29)26-20-34-21-36-30(26)22(4)5;1-2/h9,11-13,18,20-22,24,37H,3,10,14-17,19H2,1-2,4-8H3;1-2H3/b28-9+,35-27?;. The first-order chi connectivity index (χ1) is 19.0. The average Bonchev–Trinajstić information content (AvgIpc) is 3.33. The molecule has 2 aromatic rings. The minimum Gasteiger partial charge on any atom is -0.455 e. The Labute approximate surface area is 242 Å². The minimum absolute atomic E-state index is 0.113. The summed E-state index contributed by atoms with van der Waals surface area (Å²) in [6.45, 7) is 22.9. The van der Waals surface area contributed by atoms with E-state index in [0.717, 1.165) is 36.2 Å². The lowest BCUT2D eigenvalue weighted by Crippen LogP contribution is -2.42. The van der Waals surface area contributed by atoms with Gasteiger partial charge in [0.25, 0.3) is 0 Å². The molecule has 2 atom stereocenters. The Bertz CT molecular complexity index is 1160. The van der Waals surface area contributed by atoms with Gasteiger partial charge in [-0.05, 0) is 95.4 Å². The molecule has 1 fully saturated rings. The first kappa shape index (κ1) is 33.3. The molecule has 1 aromatic heterocycles. The van der Waals surface area contributed by atoms with Crippen LogP contribution in [0.4, 0.5) is 4.39 Å². The fourth-order valence-electron chi connectivity index (χ4n) is 5.62. The first-order valence-electron chi connectivity index (χ1n) is 14.9. The molecule has 220 valence electrons. The summed E-state index contributed by atoms with van der Waals surface area (Å²) in [5.41, 5.74) is 3.49. The number of hydrogen-bond donors (Lipinski definition) is 1. The van der Waals surface area contributed by atoms with Crippen molar-refractivity contribution < 1.29 is 9.13 Å². The van der Waals surface area contributed by atoms with Crippen LogP contribution < -0.4 is 10.1 Å². The normalized spacial score (nSPS) is 19.8. The lowest BCUT2D eigenvalue weighted by atomic mass is 9.78. The fraction of sp³-hybridized carbons (Fsp3) is 0.559. The largest absolute Gasteiger partial charge is 0.455 e. The number of aliphatic imine (C=N–C) groups is 1. The van der Waals surface area contributed by atoms with Crippen molar-refractivity contribution in [2.75, 3.05) is 0 Å².